The minimum absolute atomic E-state index is 0.0733. The molecule has 1 rings (SSSR count). The summed E-state index contributed by atoms with van der Waals surface area (Å²) < 4.78 is 4.46. The van der Waals surface area contributed by atoms with E-state index < -0.39 is 11.9 Å². The highest BCUT2D eigenvalue weighted by Crippen LogP contribution is 2.19. The van der Waals surface area contributed by atoms with Gasteiger partial charge in [0, 0.05) is 11.3 Å². The summed E-state index contributed by atoms with van der Waals surface area (Å²) in [4.78, 5) is 21.8. The van der Waals surface area contributed by atoms with Crippen LogP contribution < -0.4 is 5.73 Å². The van der Waals surface area contributed by atoms with Crippen LogP contribution in [0.1, 0.15) is 22.3 Å². The highest BCUT2D eigenvalue weighted by atomic mass is 16.5. The van der Waals surface area contributed by atoms with Crippen molar-refractivity contribution in [1.82, 2.24) is 0 Å². The maximum absolute atomic E-state index is 10.9. The molecular formula is C12H13NO4. The fraction of sp³-hybridized carbons (Fsp3) is 0.167. The molecule has 0 spiro atoms. The Kier molecular flexibility index (Phi) is 4.28. The van der Waals surface area contributed by atoms with E-state index in [2.05, 4.69) is 4.74 Å². The average molecular weight is 235 g/mol. The largest absolute Gasteiger partial charge is 0.478 e. The summed E-state index contributed by atoms with van der Waals surface area (Å²) in [6, 6.07) is 4.62. The van der Waals surface area contributed by atoms with Crippen LogP contribution in [0.4, 0.5) is 5.69 Å². The Morgan fingerprint density at radius 1 is 1.47 bits per heavy atom. The second-order valence-electron chi connectivity index (χ2n) is 3.30. The summed E-state index contributed by atoms with van der Waals surface area (Å²) in [6.45, 7) is 0. The molecule has 1 aromatic rings. The van der Waals surface area contributed by atoms with Crippen molar-refractivity contribution in [3.63, 3.8) is 0 Å². The van der Waals surface area contributed by atoms with Crippen molar-refractivity contribution in [3.8, 4) is 0 Å². The molecule has 5 nitrogen and oxygen atoms in total. The Labute approximate surface area is 98.5 Å². The SMILES string of the molecule is COC(=O)CC=Cc1c(N)cccc1C(=O)O. The maximum Gasteiger partial charge on any atom is 0.336 e. The Morgan fingerprint density at radius 2 is 2.18 bits per heavy atom. The van der Waals surface area contributed by atoms with Crippen LogP contribution in [-0.2, 0) is 9.53 Å². The molecule has 0 amide bonds. The van der Waals surface area contributed by atoms with Crippen LogP contribution in [-0.4, -0.2) is 24.2 Å². The summed E-state index contributed by atoms with van der Waals surface area (Å²) in [7, 11) is 1.29. The van der Waals surface area contributed by atoms with E-state index in [9.17, 15) is 9.59 Å². The second-order valence-corrected chi connectivity index (χ2v) is 3.30. The Balaban J connectivity index is 2.97. The Hall–Kier alpha value is -2.30. The summed E-state index contributed by atoms with van der Waals surface area (Å²) >= 11 is 0. The van der Waals surface area contributed by atoms with Crippen molar-refractivity contribution in [2.45, 2.75) is 6.42 Å². The number of benzene rings is 1. The van der Waals surface area contributed by atoms with Gasteiger partial charge in [0.2, 0.25) is 0 Å². The van der Waals surface area contributed by atoms with Crippen LogP contribution in [0.3, 0.4) is 0 Å². The third kappa shape index (κ3) is 3.34. The molecule has 0 unspecified atom stereocenters. The summed E-state index contributed by atoms with van der Waals surface area (Å²) in [5.74, 6) is -1.46. The van der Waals surface area contributed by atoms with E-state index >= 15 is 0 Å². The van der Waals surface area contributed by atoms with Gasteiger partial charge in [0.15, 0.2) is 0 Å². The first kappa shape index (κ1) is 12.8. The first-order valence-electron chi connectivity index (χ1n) is 4.91. The van der Waals surface area contributed by atoms with Crippen molar-refractivity contribution >= 4 is 23.7 Å². The van der Waals surface area contributed by atoms with Crippen LogP contribution in [0.25, 0.3) is 6.08 Å². The molecule has 0 fully saturated rings. The molecule has 0 saturated heterocycles. The molecule has 90 valence electrons. The van der Waals surface area contributed by atoms with Crippen LogP contribution >= 0.6 is 0 Å². The minimum atomic E-state index is -1.06. The van der Waals surface area contributed by atoms with Crippen LogP contribution in [0, 0.1) is 0 Å². The van der Waals surface area contributed by atoms with E-state index in [1.54, 1.807) is 12.1 Å². The van der Waals surface area contributed by atoms with Gasteiger partial charge in [-0.25, -0.2) is 4.79 Å². The van der Waals surface area contributed by atoms with E-state index in [-0.39, 0.29) is 12.0 Å². The zero-order valence-electron chi connectivity index (χ0n) is 9.34. The maximum atomic E-state index is 10.9. The van der Waals surface area contributed by atoms with Crippen molar-refractivity contribution in [2.24, 2.45) is 0 Å². The Bertz CT molecular complexity index is 466. The van der Waals surface area contributed by atoms with E-state index in [0.29, 0.717) is 11.3 Å². The topological polar surface area (TPSA) is 89.6 Å². The van der Waals surface area contributed by atoms with Gasteiger partial charge < -0.3 is 15.6 Å². The van der Waals surface area contributed by atoms with Crippen LogP contribution in [0.2, 0.25) is 0 Å². The number of carboxylic acids is 1. The number of hydrogen-bond acceptors (Lipinski definition) is 4. The number of hydrogen-bond donors (Lipinski definition) is 2. The normalized spacial score (nSPS) is 10.4. The minimum Gasteiger partial charge on any atom is -0.478 e. The van der Waals surface area contributed by atoms with Gasteiger partial charge in [-0.3, -0.25) is 4.79 Å². The van der Waals surface area contributed by atoms with E-state index in [1.165, 1.54) is 25.3 Å². The molecule has 0 bridgehead atoms. The van der Waals surface area contributed by atoms with Gasteiger partial charge in [-0.1, -0.05) is 18.2 Å². The smallest absolute Gasteiger partial charge is 0.336 e. The number of ether oxygens (including phenoxy) is 1. The summed E-state index contributed by atoms with van der Waals surface area (Å²) in [6.07, 6.45) is 3.10. The number of aromatic carboxylic acids is 1. The van der Waals surface area contributed by atoms with E-state index in [0.717, 1.165) is 0 Å². The van der Waals surface area contributed by atoms with Crippen molar-refractivity contribution in [1.29, 1.82) is 0 Å². The molecule has 0 atom stereocenters. The fourth-order valence-corrected chi connectivity index (χ4v) is 1.31. The highest BCUT2D eigenvalue weighted by molar-refractivity contribution is 5.94. The van der Waals surface area contributed by atoms with Crippen LogP contribution in [0.15, 0.2) is 24.3 Å². The lowest BCUT2D eigenvalue weighted by atomic mass is 10.0. The van der Waals surface area contributed by atoms with Gasteiger partial charge in [0.1, 0.15) is 0 Å². The van der Waals surface area contributed by atoms with Crippen molar-refractivity contribution < 1.29 is 19.4 Å². The molecule has 5 heteroatoms. The predicted molar refractivity (Wildman–Crippen MR) is 63.5 cm³/mol. The molecule has 1 aromatic carbocycles. The third-order valence-electron chi connectivity index (χ3n) is 2.17. The van der Waals surface area contributed by atoms with Gasteiger partial charge >= 0.3 is 11.9 Å². The molecule has 0 heterocycles. The van der Waals surface area contributed by atoms with Gasteiger partial charge in [0.05, 0.1) is 19.1 Å². The van der Waals surface area contributed by atoms with Crippen molar-refractivity contribution in [3.05, 3.63) is 35.4 Å². The molecule has 3 N–H and O–H groups in total. The number of anilines is 1. The lowest BCUT2D eigenvalue weighted by Gasteiger charge is -2.04. The number of carbonyl (C=O) groups is 2. The van der Waals surface area contributed by atoms with Gasteiger partial charge in [-0.15, -0.1) is 0 Å². The quantitative estimate of drug-likeness (QED) is 0.610. The number of rotatable bonds is 4. The first-order chi connectivity index (χ1) is 8.06. The number of carboxylic acid groups (broad SMARTS) is 1. The average Bonchev–Trinajstić information content (AvgIpc) is 2.30. The lowest BCUT2D eigenvalue weighted by Crippen LogP contribution is -2.02. The van der Waals surface area contributed by atoms with Gasteiger partial charge in [-0.05, 0) is 12.1 Å². The molecule has 0 saturated carbocycles. The first-order valence-corrected chi connectivity index (χ1v) is 4.91. The molecule has 0 radical (unpaired) electrons. The molecule has 17 heavy (non-hydrogen) atoms. The zero-order chi connectivity index (χ0) is 12.8. The standard InChI is InChI=1S/C12H13NO4/c1-17-11(14)7-3-4-8-9(12(15)16)5-2-6-10(8)13/h2-6H,7,13H2,1H3,(H,15,16). The number of methoxy groups -OCH3 is 1. The molecule has 0 aliphatic rings. The number of nitrogens with two attached hydrogens (primary N) is 1. The molecule has 0 aromatic heterocycles. The van der Waals surface area contributed by atoms with E-state index in [4.69, 9.17) is 10.8 Å². The van der Waals surface area contributed by atoms with Gasteiger partial charge in [0.25, 0.3) is 0 Å². The molecule has 0 aliphatic heterocycles. The highest BCUT2D eigenvalue weighted by Gasteiger charge is 2.09. The number of esters is 1. The van der Waals surface area contributed by atoms with E-state index in [1.807, 2.05) is 0 Å². The van der Waals surface area contributed by atoms with Crippen LogP contribution in [0.5, 0.6) is 0 Å². The lowest BCUT2D eigenvalue weighted by molar-refractivity contribution is -0.139. The van der Waals surface area contributed by atoms with Crippen molar-refractivity contribution in [2.75, 3.05) is 12.8 Å². The second kappa shape index (κ2) is 5.69. The summed E-state index contributed by atoms with van der Waals surface area (Å²) in [5.41, 5.74) is 6.53. The summed E-state index contributed by atoms with van der Waals surface area (Å²) in [5, 5.41) is 8.96. The number of nitrogen functional groups attached to an aromatic ring is 1. The third-order valence-corrected chi connectivity index (χ3v) is 2.17. The fourth-order valence-electron chi connectivity index (χ4n) is 1.31. The molecule has 0 aliphatic carbocycles. The number of carbonyl (C=O) groups excluding carboxylic acids is 1. The molecular weight excluding hydrogens is 222 g/mol. The monoisotopic (exact) mass is 235 g/mol. The predicted octanol–water partition coefficient (Wildman–Crippen LogP) is 1.54. The Morgan fingerprint density at radius 3 is 2.76 bits per heavy atom. The zero-order valence-corrected chi connectivity index (χ0v) is 9.34. The van der Waals surface area contributed by atoms with Gasteiger partial charge in [-0.2, -0.15) is 0 Å².